The third-order valence-electron chi connectivity index (χ3n) is 8.76. The molecule has 2 amide bonds. The lowest BCUT2D eigenvalue weighted by Gasteiger charge is -2.48. The summed E-state index contributed by atoms with van der Waals surface area (Å²) in [7, 11) is 0. The maximum Gasteiger partial charge on any atom is 0.254 e. The van der Waals surface area contributed by atoms with Crippen LogP contribution in [0.4, 0.5) is 5.69 Å². The summed E-state index contributed by atoms with van der Waals surface area (Å²) >= 11 is 0. The van der Waals surface area contributed by atoms with E-state index in [0.717, 1.165) is 23.2 Å². The second-order valence-corrected chi connectivity index (χ2v) is 11.3. The molecule has 7 nitrogen and oxygen atoms in total. The van der Waals surface area contributed by atoms with Gasteiger partial charge in [0.2, 0.25) is 5.91 Å². The Labute approximate surface area is 242 Å². The molecule has 0 aromatic heterocycles. The average Bonchev–Trinajstić information content (AvgIpc) is 2.98. The fraction of sp³-hybridized carbons (Fsp3) is 0.412. The van der Waals surface area contributed by atoms with Gasteiger partial charge in [-0.15, -0.1) is 0 Å². The Morgan fingerprint density at radius 2 is 1.59 bits per heavy atom. The molecule has 0 N–H and O–H groups in total. The fourth-order valence-corrected chi connectivity index (χ4v) is 6.81. The molecule has 3 aliphatic heterocycles. The zero-order valence-corrected chi connectivity index (χ0v) is 24.4. The largest absolute Gasteiger partial charge is 0.490 e. The summed E-state index contributed by atoms with van der Waals surface area (Å²) in [6.07, 6.45) is 0.708. The van der Waals surface area contributed by atoms with Crippen molar-refractivity contribution in [3.05, 3.63) is 88.5 Å². The minimum absolute atomic E-state index is 0.00953. The molecule has 0 aliphatic carbocycles. The first kappa shape index (κ1) is 27.2. The summed E-state index contributed by atoms with van der Waals surface area (Å²) in [5.41, 5.74) is 5.96. The number of piperazine rings is 1. The number of rotatable bonds is 6. The van der Waals surface area contributed by atoms with Crippen LogP contribution in [0.1, 0.15) is 65.3 Å². The smallest absolute Gasteiger partial charge is 0.254 e. The number of hydrogen-bond acceptors (Lipinski definition) is 5. The Kier molecular flexibility index (Phi) is 7.37. The van der Waals surface area contributed by atoms with Crippen molar-refractivity contribution >= 4 is 17.5 Å². The zero-order chi connectivity index (χ0) is 28.7. The molecule has 7 heteroatoms. The summed E-state index contributed by atoms with van der Waals surface area (Å²) < 4.78 is 11.9. The van der Waals surface area contributed by atoms with E-state index in [1.54, 1.807) is 0 Å². The summed E-state index contributed by atoms with van der Waals surface area (Å²) in [6.45, 7) is 11.8. The van der Waals surface area contributed by atoms with Crippen LogP contribution in [0.5, 0.6) is 11.5 Å². The number of carbonyl (C=O) groups is 2. The maximum atomic E-state index is 14.6. The van der Waals surface area contributed by atoms with Gasteiger partial charge in [0.25, 0.3) is 5.91 Å². The van der Waals surface area contributed by atoms with Crippen LogP contribution in [0.25, 0.3) is 0 Å². The van der Waals surface area contributed by atoms with Gasteiger partial charge in [-0.1, -0.05) is 35.9 Å². The number of carbonyl (C=O) groups excluding carboxylic acids is 2. The number of benzene rings is 3. The van der Waals surface area contributed by atoms with Gasteiger partial charge in [-0.05, 0) is 81.1 Å². The van der Waals surface area contributed by atoms with Crippen LogP contribution < -0.4 is 14.4 Å². The van der Waals surface area contributed by atoms with Crippen LogP contribution in [0.3, 0.4) is 0 Å². The Morgan fingerprint density at radius 3 is 2.29 bits per heavy atom. The van der Waals surface area contributed by atoms with Gasteiger partial charge in [-0.25, -0.2) is 0 Å². The van der Waals surface area contributed by atoms with Crippen molar-refractivity contribution in [3.8, 4) is 11.5 Å². The van der Waals surface area contributed by atoms with E-state index in [9.17, 15) is 9.59 Å². The van der Waals surface area contributed by atoms with Gasteiger partial charge >= 0.3 is 0 Å². The molecule has 0 bridgehead atoms. The molecule has 1 fully saturated rings. The predicted molar refractivity (Wildman–Crippen MR) is 160 cm³/mol. The maximum absolute atomic E-state index is 14.6. The quantitative estimate of drug-likeness (QED) is 0.411. The highest BCUT2D eigenvalue weighted by atomic mass is 16.5. The second kappa shape index (κ2) is 11.1. The molecule has 0 spiro atoms. The van der Waals surface area contributed by atoms with E-state index in [1.165, 1.54) is 11.3 Å². The molecule has 3 heterocycles. The molecule has 0 saturated carbocycles. The first-order valence-corrected chi connectivity index (χ1v) is 14.9. The van der Waals surface area contributed by atoms with Gasteiger partial charge < -0.3 is 24.2 Å². The van der Waals surface area contributed by atoms with Crippen LogP contribution in [-0.2, 0) is 11.2 Å². The van der Waals surface area contributed by atoms with Crippen LogP contribution >= 0.6 is 0 Å². The Morgan fingerprint density at radius 1 is 0.878 bits per heavy atom. The molecule has 41 heavy (non-hydrogen) atoms. The number of nitrogens with zero attached hydrogens (tertiary/aromatic N) is 3. The van der Waals surface area contributed by atoms with E-state index >= 15 is 0 Å². The minimum Gasteiger partial charge on any atom is -0.490 e. The molecule has 3 atom stereocenters. The summed E-state index contributed by atoms with van der Waals surface area (Å²) in [5, 5.41) is 0. The molecule has 0 unspecified atom stereocenters. The number of aryl methyl sites for hydroxylation is 1. The van der Waals surface area contributed by atoms with Crippen LogP contribution in [0.2, 0.25) is 0 Å². The fourth-order valence-electron chi connectivity index (χ4n) is 6.81. The molecule has 6 rings (SSSR count). The van der Waals surface area contributed by atoms with Crippen molar-refractivity contribution in [2.45, 2.75) is 52.1 Å². The van der Waals surface area contributed by atoms with Crippen molar-refractivity contribution in [2.75, 3.05) is 44.3 Å². The van der Waals surface area contributed by atoms with Gasteiger partial charge in [-0.3, -0.25) is 9.59 Å². The van der Waals surface area contributed by atoms with E-state index in [2.05, 4.69) is 49.1 Å². The predicted octanol–water partition coefficient (Wildman–Crippen LogP) is 5.37. The normalized spacial score (nSPS) is 21.6. The topological polar surface area (TPSA) is 62.3 Å². The molecular weight excluding hydrogens is 514 g/mol. The van der Waals surface area contributed by atoms with Gasteiger partial charge in [0.15, 0.2) is 11.5 Å². The molecule has 0 radical (unpaired) electrons. The second-order valence-electron chi connectivity index (χ2n) is 11.3. The summed E-state index contributed by atoms with van der Waals surface area (Å²) in [5.74, 6) is 0.953. The van der Waals surface area contributed by atoms with Gasteiger partial charge in [0.1, 0.15) is 0 Å². The first-order valence-electron chi connectivity index (χ1n) is 14.9. The number of ether oxygens (including phenoxy) is 2. The third-order valence-corrected chi connectivity index (χ3v) is 8.76. The lowest BCUT2D eigenvalue weighted by Crippen LogP contribution is -2.57. The molecular formula is C34H39N3O4. The number of hydrogen-bond donors (Lipinski definition) is 0. The zero-order valence-electron chi connectivity index (χ0n) is 24.4. The van der Waals surface area contributed by atoms with Crippen LogP contribution in [0.15, 0.2) is 60.7 Å². The first-order chi connectivity index (χ1) is 19.9. The van der Waals surface area contributed by atoms with Crippen molar-refractivity contribution < 1.29 is 19.1 Å². The summed E-state index contributed by atoms with van der Waals surface area (Å²) in [4.78, 5) is 34.7. The SMILES string of the molecule is CCOc1cc2c(cc1OCC)[C@@H]1[C@@H](C(=O)N3CCN(c4ccc(C)cc4)[C@H](C)C3)c3ccccc3C(=O)N1CC2. The number of anilines is 1. The van der Waals surface area contributed by atoms with E-state index in [4.69, 9.17) is 9.47 Å². The third kappa shape index (κ3) is 4.81. The van der Waals surface area contributed by atoms with Crippen molar-refractivity contribution in [3.63, 3.8) is 0 Å². The number of amides is 2. The Bertz CT molecular complexity index is 1450. The van der Waals surface area contributed by atoms with Crippen molar-refractivity contribution in [1.82, 2.24) is 9.80 Å². The Balaban J connectivity index is 1.38. The Hall–Kier alpha value is -4.00. The van der Waals surface area contributed by atoms with Gasteiger partial charge in [0.05, 0.1) is 25.2 Å². The van der Waals surface area contributed by atoms with E-state index < -0.39 is 12.0 Å². The van der Waals surface area contributed by atoms with Crippen molar-refractivity contribution in [2.24, 2.45) is 0 Å². The lowest BCUT2D eigenvalue weighted by molar-refractivity contribution is -0.135. The monoisotopic (exact) mass is 553 g/mol. The standard InChI is InChI=1S/C34H39N3O4/c1-5-40-29-19-24-15-16-37-32(28(24)20-30(29)41-6-2)31(26-9-7-8-10-27(26)33(37)38)34(39)35-17-18-36(23(4)21-35)25-13-11-22(3)12-14-25/h7-14,19-20,23,31-32H,5-6,15-18,21H2,1-4H3/t23-,31+,32-/m1/s1. The van der Waals surface area contributed by atoms with E-state index in [0.29, 0.717) is 56.3 Å². The molecule has 1 saturated heterocycles. The van der Waals surface area contributed by atoms with Crippen molar-refractivity contribution in [1.29, 1.82) is 0 Å². The van der Waals surface area contributed by atoms with Crippen LogP contribution in [-0.4, -0.2) is 67.0 Å². The van der Waals surface area contributed by atoms with E-state index in [-0.39, 0.29) is 17.9 Å². The highest BCUT2D eigenvalue weighted by molar-refractivity contribution is 6.01. The van der Waals surface area contributed by atoms with Gasteiger partial charge in [-0.2, -0.15) is 0 Å². The average molecular weight is 554 g/mol. The molecule has 3 aromatic carbocycles. The highest BCUT2D eigenvalue weighted by Crippen LogP contribution is 2.49. The van der Waals surface area contributed by atoms with Gasteiger partial charge in [0, 0.05) is 43.5 Å². The minimum atomic E-state index is -0.492. The van der Waals surface area contributed by atoms with E-state index in [1.807, 2.05) is 54.0 Å². The number of fused-ring (bicyclic) bond motifs is 4. The molecule has 214 valence electrons. The lowest BCUT2D eigenvalue weighted by atomic mass is 9.75. The summed E-state index contributed by atoms with van der Waals surface area (Å²) in [6, 6.07) is 20.1. The molecule has 3 aromatic rings. The molecule has 3 aliphatic rings. The highest BCUT2D eigenvalue weighted by Gasteiger charge is 2.48. The van der Waals surface area contributed by atoms with Crippen LogP contribution in [0, 0.1) is 6.92 Å².